The first-order valence-corrected chi connectivity index (χ1v) is 5.40. The minimum absolute atomic E-state index is 0.173. The van der Waals surface area contributed by atoms with Crippen molar-refractivity contribution in [2.75, 3.05) is 7.11 Å². The maximum Gasteiger partial charge on any atom is 0.0920 e. The molecule has 2 nitrogen and oxygen atoms in total. The van der Waals surface area contributed by atoms with Crippen LogP contribution in [0.5, 0.6) is 0 Å². The van der Waals surface area contributed by atoms with Gasteiger partial charge in [-0.15, -0.1) is 6.58 Å². The van der Waals surface area contributed by atoms with Crippen LogP contribution in [-0.2, 0) is 9.47 Å². The van der Waals surface area contributed by atoms with Crippen LogP contribution in [-0.4, -0.2) is 24.4 Å². The molecule has 1 saturated carbocycles. The normalized spacial score (nSPS) is 45.1. The highest BCUT2D eigenvalue weighted by molar-refractivity contribution is 5.09. The van der Waals surface area contributed by atoms with Crippen molar-refractivity contribution in [3.63, 3.8) is 0 Å². The van der Waals surface area contributed by atoms with E-state index in [-0.39, 0.29) is 11.2 Å². The Balaban J connectivity index is 2.03. The number of ether oxygens (including phenoxy) is 2. The fourth-order valence-corrected chi connectivity index (χ4v) is 2.58. The van der Waals surface area contributed by atoms with Crippen LogP contribution < -0.4 is 0 Å². The van der Waals surface area contributed by atoms with E-state index in [4.69, 9.17) is 9.47 Å². The standard InChI is InChI=1S/C12H20O2/c1-5-11(2,13-4)9-6-7-12(3)10(8-9)14-12/h5,9-10H,1,6-8H2,2-4H3/t9-,10?,11?,12+/m0/s1. The minimum atomic E-state index is -0.173. The summed E-state index contributed by atoms with van der Waals surface area (Å²) in [5.74, 6) is 0.561. The van der Waals surface area contributed by atoms with Crippen molar-refractivity contribution in [3.05, 3.63) is 12.7 Å². The zero-order chi connectivity index (χ0) is 10.4. The first-order valence-electron chi connectivity index (χ1n) is 5.40. The van der Waals surface area contributed by atoms with Gasteiger partial charge in [0.05, 0.1) is 17.3 Å². The highest BCUT2D eigenvalue weighted by atomic mass is 16.6. The molecular formula is C12H20O2. The van der Waals surface area contributed by atoms with Gasteiger partial charge in [-0.1, -0.05) is 6.08 Å². The molecule has 4 atom stereocenters. The van der Waals surface area contributed by atoms with Crippen LogP contribution in [0, 0.1) is 5.92 Å². The third-order valence-electron chi connectivity index (χ3n) is 4.18. The summed E-state index contributed by atoms with van der Waals surface area (Å²) >= 11 is 0. The van der Waals surface area contributed by atoms with Gasteiger partial charge in [0, 0.05) is 7.11 Å². The topological polar surface area (TPSA) is 21.8 Å². The van der Waals surface area contributed by atoms with Crippen molar-refractivity contribution in [1.82, 2.24) is 0 Å². The van der Waals surface area contributed by atoms with Gasteiger partial charge in [0.15, 0.2) is 0 Å². The van der Waals surface area contributed by atoms with Crippen molar-refractivity contribution >= 4 is 0 Å². The molecule has 14 heavy (non-hydrogen) atoms. The molecule has 2 unspecified atom stereocenters. The lowest BCUT2D eigenvalue weighted by Gasteiger charge is -2.36. The zero-order valence-electron chi connectivity index (χ0n) is 9.38. The minimum Gasteiger partial charge on any atom is -0.374 e. The molecule has 1 saturated heterocycles. The molecule has 0 radical (unpaired) electrons. The van der Waals surface area contributed by atoms with Gasteiger partial charge in [-0.2, -0.15) is 0 Å². The third-order valence-corrected chi connectivity index (χ3v) is 4.18. The smallest absolute Gasteiger partial charge is 0.0920 e. The molecule has 80 valence electrons. The molecule has 0 aromatic heterocycles. The van der Waals surface area contributed by atoms with Crippen LogP contribution in [0.3, 0.4) is 0 Å². The molecule has 2 aliphatic rings. The Morgan fingerprint density at radius 3 is 2.86 bits per heavy atom. The monoisotopic (exact) mass is 196 g/mol. The number of hydrogen-bond donors (Lipinski definition) is 0. The van der Waals surface area contributed by atoms with E-state index in [1.54, 1.807) is 7.11 Å². The van der Waals surface area contributed by atoms with Crippen molar-refractivity contribution < 1.29 is 9.47 Å². The van der Waals surface area contributed by atoms with Gasteiger partial charge in [-0.3, -0.25) is 0 Å². The largest absolute Gasteiger partial charge is 0.374 e. The maximum atomic E-state index is 5.69. The Kier molecular flexibility index (Phi) is 2.24. The lowest BCUT2D eigenvalue weighted by Crippen LogP contribution is -2.38. The summed E-state index contributed by atoms with van der Waals surface area (Å²) < 4.78 is 11.2. The van der Waals surface area contributed by atoms with Crippen molar-refractivity contribution in [2.24, 2.45) is 5.92 Å². The number of methoxy groups -OCH3 is 1. The second-order valence-electron chi connectivity index (χ2n) is 4.98. The Morgan fingerprint density at radius 2 is 2.36 bits per heavy atom. The second-order valence-corrected chi connectivity index (χ2v) is 4.98. The van der Waals surface area contributed by atoms with Crippen LogP contribution in [0.1, 0.15) is 33.1 Å². The summed E-state index contributed by atoms with van der Waals surface area (Å²) in [4.78, 5) is 0. The molecule has 2 heteroatoms. The first-order chi connectivity index (χ1) is 6.54. The van der Waals surface area contributed by atoms with E-state index in [9.17, 15) is 0 Å². The van der Waals surface area contributed by atoms with Crippen LogP contribution in [0.15, 0.2) is 12.7 Å². The highest BCUT2D eigenvalue weighted by Crippen LogP contribution is 2.51. The van der Waals surface area contributed by atoms with Crippen LogP contribution in [0.4, 0.5) is 0 Å². The fraction of sp³-hybridized carbons (Fsp3) is 0.833. The number of hydrogen-bond acceptors (Lipinski definition) is 2. The van der Waals surface area contributed by atoms with Gasteiger partial charge in [-0.25, -0.2) is 0 Å². The molecule has 2 rings (SSSR count). The molecule has 0 N–H and O–H groups in total. The summed E-state index contributed by atoms with van der Waals surface area (Å²) in [7, 11) is 1.77. The lowest BCUT2D eigenvalue weighted by atomic mass is 9.74. The number of rotatable bonds is 3. The molecule has 0 aromatic rings. The molecule has 1 aliphatic carbocycles. The van der Waals surface area contributed by atoms with Gasteiger partial charge in [0.1, 0.15) is 0 Å². The number of epoxide rings is 1. The highest BCUT2D eigenvalue weighted by Gasteiger charge is 2.57. The summed E-state index contributed by atoms with van der Waals surface area (Å²) in [5.41, 5.74) is 0.0274. The Bertz CT molecular complexity index is 251. The van der Waals surface area contributed by atoms with E-state index in [0.717, 1.165) is 12.8 Å². The predicted molar refractivity (Wildman–Crippen MR) is 56.2 cm³/mol. The summed E-state index contributed by atoms with van der Waals surface area (Å²) in [6.45, 7) is 8.20. The molecular weight excluding hydrogens is 176 g/mol. The van der Waals surface area contributed by atoms with E-state index in [2.05, 4.69) is 20.4 Å². The van der Waals surface area contributed by atoms with E-state index in [1.807, 2.05) is 6.08 Å². The van der Waals surface area contributed by atoms with Gasteiger partial charge in [0.2, 0.25) is 0 Å². The summed E-state index contributed by atoms with van der Waals surface area (Å²) in [6.07, 6.45) is 5.87. The van der Waals surface area contributed by atoms with Crippen LogP contribution in [0.25, 0.3) is 0 Å². The zero-order valence-corrected chi connectivity index (χ0v) is 9.38. The van der Waals surface area contributed by atoms with Crippen LogP contribution in [0.2, 0.25) is 0 Å². The maximum absolute atomic E-state index is 5.69. The third kappa shape index (κ3) is 1.41. The predicted octanol–water partition coefficient (Wildman–Crippen LogP) is 2.54. The van der Waals surface area contributed by atoms with Crippen molar-refractivity contribution in [2.45, 2.75) is 50.4 Å². The number of fused-ring (bicyclic) bond motifs is 1. The van der Waals surface area contributed by atoms with Gasteiger partial charge in [0.25, 0.3) is 0 Å². The molecule has 1 aliphatic heterocycles. The Labute approximate surface area is 86.3 Å². The molecule has 0 amide bonds. The second kappa shape index (κ2) is 3.07. The van der Waals surface area contributed by atoms with Crippen LogP contribution >= 0.6 is 0 Å². The lowest BCUT2D eigenvalue weighted by molar-refractivity contribution is -0.0146. The SMILES string of the molecule is C=CC(C)(OC)[C@H]1CC[C@@]2(C)OC2C1. The van der Waals surface area contributed by atoms with Crippen molar-refractivity contribution in [1.29, 1.82) is 0 Å². The Morgan fingerprint density at radius 1 is 1.64 bits per heavy atom. The average molecular weight is 196 g/mol. The summed E-state index contributed by atoms with van der Waals surface area (Å²) in [6, 6.07) is 0. The molecule has 0 bridgehead atoms. The van der Waals surface area contributed by atoms with Gasteiger partial charge >= 0.3 is 0 Å². The van der Waals surface area contributed by atoms with Gasteiger partial charge < -0.3 is 9.47 Å². The first kappa shape index (κ1) is 10.2. The van der Waals surface area contributed by atoms with E-state index < -0.39 is 0 Å². The van der Waals surface area contributed by atoms with E-state index >= 15 is 0 Å². The average Bonchev–Trinajstić information content (AvgIpc) is 2.87. The molecule has 2 fully saturated rings. The molecule has 0 spiro atoms. The van der Waals surface area contributed by atoms with E-state index in [0.29, 0.717) is 12.0 Å². The molecule has 0 aromatic carbocycles. The fourth-order valence-electron chi connectivity index (χ4n) is 2.58. The Hall–Kier alpha value is -0.340. The van der Waals surface area contributed by atoms with Crippen molar-refractivity contribution in [3.8, 4) is 0 Å². The summed E-state index contributed by atoms with van der Waals surface area (Å²) in [5, 5.41) is 0. The quantitative estimate of drug-likeness (QED) is 0.511. The van der Waals surface area contributed by atoms with Gasteiger partial charge in [-0.05, 0) is 39.0 Å². The molecule has 1 heterocycles. The van der Waals surface area contributed by atoms with E-state index in [1.165, 1.54) is 6.42 Å².